The highest BCUT2D eigenvalue weighted by Crippen LogP contribution is 2.23. The molecular weight excluding hydrogens is 282 g/mol. The van der Waals surface area contributed by atoms with Gasteiger partial charge in [-0.25, -0.2) is 0 Å². The predicted octanol–water partition coefficient (Wildman–Crippen LogP) is 2.75. The summed E-state index contributed by atoms with van der Waals surface area (Å²) < 4.78 is 14.3. The molecule has 0 saturated carbocycles. The number of anilines is 1. The Kier molecular flexibility index (Phi) is 4.27. The minimum Gasteiger partial charge on any atom is -0.398 e. The lowest BCUT2D eigenvalue weighted by atomic mass is 10.3. The van der Waals surface area contributed by atoms with Gasteiger partial charge in [0.1, 0.15) is 0 Å². The Morgan fingerprint density at radius 3 is 2.84 bits per heavy atom. The first-order chi connectivity index (χ1) is 9.01. The van der Waals surface area contributed by atoms with Crippen molar-refractivity contribution in [2.24, 2.45) is 0 Å². The van der Waals surface area contributed by atoms with Gasteiger partial charge >= 0.3 is 0 Å². The Morgan fingerprint density at radius 2 is 2.16 bits per heavy atom. The summed E-state index contributed by atoms with van der Waals surface area (Å²) in [7, 11) is -1.23. The van der Waals surface area contributed by atoms with Crippen LogP contribution in [0.3, 0.4) is 0 Å². The Bertz CT molecular complexity index is 624. The van der Waals surface area contributed by atoms with E-state index in [1.165, 1.54) is 0 Å². The molecule has 0 bridgehead atoms. The molecule has 1 heterocycles. The van der Waals surface area contributed by atoms with Gasteiger partial charge in [-0.05, 0) is 38.1 Å². The monoisotopic (exact) mass is 297 g/mol. The third kappa shape index (κ3) is 3.16. The fourth-order valence-electron chi connectivity index (χ4n) is 1.91. The van der Waals surface area contributed by atoms with Crippen LogP contribution >= 0.6 is 11.6 Å². The van der Waals surface area contributed by atoms with Gasteiger partial charge < -0.3 is 5.73 Å². The van der Waals surface area contributed by atoms with E-state index in [-0.39, 0.29) is 0 Å². The first-order valence-corrected chi connectivity index (χ1v) is 7.67. The summed E-state index contributed by atoms with van der Waals surface area (Å²) in [4.78, 5) is 0.578. The van der Waals surface area contributed by atoms with Crippen LogP contribution in [-0.2, 0) is 23.1 Å². The van der Waals surface area contributed by atoms with Crippen LogP contribution in [0, 0.1) is 6.92 Å². The fraction of sp³-hybridized carbons (Fsp3) is 0.308. The Morgan fingerprint density at radius 1 is 1.42 bits per heavy atom. The Labute approximate surface area is 120 Å². The molecule has 0 aliphatic heterocycles. The van der Waals surface area contributed by atoms with Gasteiger partial charge in [-0.15, -0.1) is 0 Å². The second-order valence-electron chi connectivity index (χ2n) is 4.26. The summed E-state index contributed by atoms with van der Waals surface area (Å²) >= 11 is 5.92. The van der Waals surface area contributed by atoms with Crippen molar-refractivity contribution in [3.05, 3.63) is 40.7 Å². The average molecular weight is 298 g/mol. The number of nitrogen functional groups attached to an aromatic ring is 1. The number of hydrogen-bond acceptors (Lipinski definition) is 3. The van der Waals surface area contributed by atoms with Gasteiger partial charge in [0.2, 0.25) is 0 Å². The van der Waals surface area contributed by atoms with E-state index in [0.717, 1.165) is 17.9 Å². The number of aromatic nitrogens is 2. The summed E-state index contributed by atoms with van der Waals surface area (Å²) in [6.07, 6.45) is 0. The predicted molar refractivity (Wildman–Crippen MR) is 78.6 cm³/mol. The molecule has 1 aromatic carbocycles. The van der Waals surface area contributed by atoms with Crippen molar-refractivity contribution in [3.8, 4) is 0 Å². The van der Waals surface area contributed by atoms with E-state index in [2.05, 4.69) is 5.10 Å². The fourth-order valence-corrected chi connectivity index (χ4v) is 3.39. The second-order valence-corrected chi connectivity index (χ2v) is 6.12. The third-order valence-electron chi connectivity index (χ3n) is 2.78. The van der Waals surface area contributed by atoms with Crippen LogP contribution in [0.25, 0.3) is 0 Å². The van der Waals surface area contributed by atoms with E-state index >= 15 is 0 Å². The van der Waals surface area contributed by atoms with Crippen LogP contribution in [0.1, 0.15) is 18.3 Å². The van der Waals surface area contributed by atoms with Gasteiger partial charge in [0, 0.05) is 17.3 Å². The maximum Gasteiger partial charge on any atom is 0.0703 e. The lowest BCUT2D eigenvalue weighted by molar-refractivity contribution is 0.627. The molecular formula is C13H16ClN3OS. The first kappa shape index (κ1) is 14.1. The molecule has 6 heteroatoms. The lowest BCUT2D eigenvalue weighted by Crippen LogP contribution is -2.07. The molecule has 2 N–H and O–H groups in total. The van der Waals surface area contributed by atoms with E-state index < -0.39 is 10.8 Å². The van der Waals surface area contributed by atoms with E-state index in [0.29, 0.717) is 21.4 Å². The topological polar surface area (TPSA) is 60.9 Å². The van der Waals surface area contributed by atoms with Gasteiger partial charge in [0.15, 0.2) is 0 Å². The second kappa shape index (κ2) is 5.75. The summed E-state index contributed by atoms with van der Waals surface area (Å²) in [5.74, 6) is 0.388. The van der Waals surface area contributed by atoms with Crippen LogP contribution < -0.4 is 5.73 Å². The number of rotatable bonds is 4. The zero-order valence-corrected chi connectivity index (χ0v) is 12.5. The SMILES string of the molecule is CCn1nc(C)cc1CS(=O)c1cc(Cl)ccc1N. The van der Waals surface area contributed by atoms with E-state index in [1.54, 1.807) is 18.2 Å². The number of benzene rings is 1. The van der Waals surface area contributed by atoms with Crippen LogP contribution in [0.5, 0.6) is 0 Å². The molecule has 2 aromatic rings. The molecule has 4 nitrogen and oxygen atoms in total. The zero-order chi connectivity index (χ0) is 14.0. The van der Waals surface area contributed by atoms with Crippen LogP contribution in [0.15, 0.2) is 29.2 Å². The van der Waals surface area contributed by atoms with Crippen molar-refractivity contribution in [3.63, 3.8) is 0 Å². The minimum absolute atomic E-state index is 0.388. The van der Waals surface area contributed by atoms with Gasteiger partial charge in [0.05, 0.1) is 32.8 Å². The molecule has 1 aromatic heterocycles. The van der Waals surface area contributed by atoms with E-state index in [4.69, 9.17) is 17.3 Å². The van der Waals surface area contributed by atoms with Gasteiger partial charge in [0.25, 0.3) is 0 Å². The Hall–Kier alpha value is -1.33. The minimum atomic E-state index is -1.23. The van der Waals surface area contributed by atoms with Crippen LogP contribution in [0.4, 0.5) is 5.69 Å². The molecule has 0 amide bonds. The third-order valence-corrected chi connectivity index (χ3v) is 4.42. The van der Waals surface area contributed by atoms with Crippen molar-refractivity contribution in [2.45, 2.75) is 31.0 Å². The maximum absolute atomic E-state index is 12.4. The number of nitrogens with zero attached hydrogens (tertiary/aromatic N) is 2. The molecule has 19 heavy (non-hydrogen) atoms. The first-order valence-electron chi connectivity index (χ1n) is 5.98. The van der Waals surface area contributed by atoms with E-state index in [1.807, 2.05) is 24.6 Å². The van der Waals surface area contributed by atoms with Crippen molar-refractivity contribution in [1.82, 2.24) is 9.78 Å². The summed E-state index contributed by atoms with van der Waals surface area (Å²) in [5.41, 5.74) is 8.21. The van der Waals surface area contributed by atoms with Crippen molar-refractivity contribution in [2.75, 3.05) is 5.73 Å². The van der Waals surface area contributed by atoms with E-state index in [9.17, 15) is 4.21 Å². The molecule has 102 valence electrons. The van der Waals surface area contributed by atoms with Gasteiger partial charge in [-0.3, -0.25) is 8.89 Å². The molecule has 0 aliphatic rings. The van der Waals surface area contributed by atoms with Gasteiger partial charge in [-0.2, -0.15) is 5.10 Å². The molecule has 1 unspecified atom stereocenters. The largest absolute Gasteiger partial charge is 0.398 e. The quantitative estimate of drug-likeness (QED) is 0.883. The lowest BCUT2D eigenvalue weighted by Gasteiger charge is -2.07. The molecule has 0 radical (unpaired) electrons. The maximum atomic E-state index is 12.4. The average Bonchev–Trinajstić information content (AvgIpc) is 2.72. The van der Waals surface area contributed by atoms with Crippen molar-refractivity contribution >= 4 is 28.1 Å². The highest BCUT2D eigenvalue weighted by atomic mass is 35.5. The highest BCUT2D eigenvalue weighted by molar-refractivity contribution is 7.84. The summed E-state index contributed by atoms with van der Waals surface area (Å²) in [6, 6.07) is 6.98. The van der Waals surface area contributed by atoms with Crippen molar-refractivity contribution < 1.29 is 4.21 Å². The number of halogens is 1. The number of nitrogens with two attached hydrogens (primary N) is 1. The normalized spacial score (nSPS) is 12.6. The molecule has 0 fully saturated rings. The zero-order valence-electron chi connectivity index (χ0n) is 10.9. The summed E-state index contributed by atoms with van der Waals surface area (Å²) in [5, 5.41) is 4.88. The smallest absolute Gasteiger partial charge is 0.0703 e. The molecule has 1 atom stereocenters. The standard InChI is InChI=1S/C13H16ClN3OS/c1-3-17-11(6-9(2)16-17)8-19(18)13-7-10(14)4-5-12(13)15/h4-7H,3,8,15H2,1-2H3. The number of aryl methyl sites for hydroxylation is 2. The molecule has 2 rings (SSSR count). The van der Waals surface area contributed by atoms with Crippen molar-refractivity contribution in [1.29, 1.82) is 0 Å². The Balaban J connectivity index is 2.27. The number of hydrogen-bond donors (Lipinski definition) is 1. The molecule has 0 aliphatic carbocycles. The highest BCUT2D eigenvalue weighted by Gasteiger charge is 2.13. The van der Waals surface area contributed by atoms with Gasteiger partial charge in [-0.1, -0.05) is 11.6 Å². The molecule has 0 saturated heterocycles. The summed E-state index contributed by atoms with van der Waals surface area (Å²) in [6.45, 7) is 4.68. The van der Waals surface area contributed by atoms with Crippen LogP contribution in [0.2, 0.25) is 5.02 Å². The molecule has 0 spiro atoms. The van der Waals surface area contributed by atoms with Crippen LogP contribution in [-0.4, -0.2) is 14.0 Å².